The van der Waals surface area contributed by atoms with E-state index < -0.39 is 10.0 Å². The van der Waals surface area contributed by atoms with E-state index in [0.29, 0.717) is 18.0 Å². The molecule has 0 saturated carbocycles. The van der Waals surface area contributed by atoms with Crippen molar-refractivity contribution in [2.45, 2.75) is 43.6 Å². The molecular formula is C23H32N2O3S. The average molecular weight is 417 g/mol. The lowest BCUT2D eigenvalue weighted by Crippen LogP contribution is -2.39. The molecule has 1 aliphatic heterocycles. The molecule has 5 nitrogen and oxygen atoms in total. The summed E-state index contributed by atoms with van der Waals surface area (Å²) >= 11 is 0. The molecule has 158 valence electrons. The van der Waals surface area contributed by atoms with Crippen molar-refractivity contribution < 1.29 is 13.2 Å². The minimum absolute atomic E-state index is 0.00544. The molecule has 29 heavy (non-hydrogen) atoms. The Labute approximate surface area is 175 Å². The van der Waals surface area contributed by atoms with E-state index in [4.69, 9.17) is 4.74 Å². The van der Waals surface area contributed by atoms with Crippen molar-refractivity contribution in [3.05, 3.63) is 65.7 Å². The first-order valence-corrected chi connectivity index (χ1v) is 11.7. The van der Waals surface area contributed by atoms with Crippen LogP contribution in [0.2, 0.25) is 0 Å². The average Bonchev–Trinajstić information content (AvgIpc) is 2.72. The summed E-state index contributed by atoms with van der Waals surface area (Å²) in [6.45, 7) is 10.0. The molecule has 1 aliphatic rings. The smallest absolute Gasteiger partial charge is 0.240 e. The van der Waals surface area contributed by atoms with Crippen LogP contribution in [0.4, 0.5) is 0 Å². The van der Waals surface area contributed by atoms with E-state index in [0.717, 1.165) is 31.6 Å². The standard InChI is InChI=1S/C23H32N2O3S/c1-23(2,3)20-10-12-21(13-11-20)29(26,27)24-14-7-15-25-16-17-28-22(18-25)19-8-5-4-6-9-19/h4-6,8-13,22,24H,7,14-18H2,1-3H3. The first kappa shape index (κ1) is 22.0. The highest BCUT2D eigenvalue weighted by Crippen LogP contribution is 2.24. The van der Waals surface area contributed by atoms with Gasteiger partial charge in [-0.05, 0) is 41.6 Å². The number of nitrogens with one attached hydrogen (secondary N) is 1. The van der Waals surface area contributed by atoms with Gasteiger partial charge in [0.1, 0.15) is 0 Å². The topological polar surface area (TPSA) is 58.6 Å². The lowest BCUT2D eigenvalue weighted by Gasteiger charge is -2.33. The maximum atomic E-state index is 12.5. The number of ether oxygens (including phenoxy) is 1. The molecule has 0 radical (unpaired) electrons. The molecule has 1 fully saturated rings. The summed E-state index contributed by atoms with van der Waals surface area (Å²) in [5, 5.41) is 0. The molecular weight excluding hydrogens is 384 g/mol. The van der Waals surface area contributed by atoms with Gasteiger partial charge in [-0.1, -0.05) is 63.2 Å². The Morgan fingerprint density at radius 1 is 1.07 bits per heavy atom. The fraction of sp³-hybridized carbons (Fsp3) is 0.478. The van der Waals surface area contributed by atoms with Crippen LogP contribution in [0, 0.1) is 0 Å². The Morgan fingerprint density at radius 3 is 2.41 bits per heavy atom. The molecule has 3 rings (SSSR count). The molecule has 0 bridgehead atoms. The molecule has 0 spiro atoms. The van der Waals surface area contributed by atoms with Crippen molar-refractivity contribution in [2.75, 3.05) is 32.8 Å². The fourth-order valence-corrected chi connectivity index (χ4v) is 4.58. The van der Waals surface area contributed by atoms with E-state index in [1.165, 1.54) is 5.56 Å². The van der Waals surface area contributed by atoms with Gasteiger partial charge in [0.2, 0.25) is 10.0 Å². The van der Waals surface area contributed by atoms with Gasteiger partial charge in [0, 0.05) is 19.6 Å². The van der Waals surface area contributed by atoms with E-state index in [9.17, 15) is 8.42 Å². The number of hydrogen-bond donors (Lipinski definition) is 1. The Bertz CT molecular complexity index is 875. The summed E-state index contributed by atoms with van der Waals surface area (Å²) in [5.74, 6) is 0. The van der Waals surface area contributed by atoms with Crippen LogP contribution in [0.15, 0.2) is 59.5 Å². The number of rotatable bonds is 7. The Kier molecular flexibility index (Phi) is 7.11. The van der Waals surface area contributed by atoms with Crippen molar-refractivity contribution in [2.24, 2.45) is 0 Å². The second kappa shape index (κ2) is 9.39. The molecule has 6 heteroatoms. The van der Waals surface area contributed by atoms with Crippen LogP contribution in [0.5, 0.6) is 0 Å². The van der Waals surface area contributed by atoms with Crippen LogP contribution in [0.3, 0.4) is 0 Å². The number of sulfonamides is 1. The second-order valence-electron chi connectivity index (χ2n) is 8.60. The summed E-state index contributed by atoms with van der Waals surface area (Å²) in [6, 6.07) is 17.4. The Morgan fingerprint density at radius 2 is 1.76 bits per heavy atom. The molecule has 1 N–H and O–H groups in total. The number of benzene rings is 2. The van der Waals surface area contributed by atoms with Gasteiger partial charge in [0.05, 0.1) is 17.6 Å². The van der Waals surface area contributed by atoms with Crippen LogP contribution in [-0.4, -0.2) is 46.1 Å². The van der Waals surface area contributed by atoms with E-state index >= 15 is 0 Å². The lowest BCUT2D eigenvalue weighted by atomic mass is 9.87. The molecule has 1 unspecified atom stereocenters. The van der Waals surface area contributed by atoms with Crippen molar-refractivity contribution in [3.8, 4) is 0 Å². The SMILES string of the molecule is CC(C)(C)c1ccc(S(=O)(=O)NCCCN2CCOC(c3ccccc3)C2)cc1. The highest BCUT2D eigenvalue weighted by molar-refractivity contribution is 7.89. The van der Waals surface area contributed by atoms with E-state index in [2.05, 4.69) is 42.5 Å². The summed E-state index contributed by atoms with van der Waals surface area (Å²) in [5.41, 5.74) is 2.32. The van der Waals surface area contributed by atoms with Crippen molar-refractivity contribution >= 4 is 10.0 Å². The monoisotopic (exact) mass is 416 g/mol. The highest BCUT2D eigenvalue weighted by Gasteiger charge is 2.22. The van der Waals surface area contributed by atoms with Gasteiger partial charge >= 0.3 is 0 Å². The molecule has 1 heterocycles. The van der Waals surface area contributed by atoms with Crippen LogP contribution in [0.1, 0.15) is 44.4 Å². The predicted octanol–water partition coefficient (Wildman–Crippen LogP) is 3.73. The molecule has 1 atom stereocenters. The number of morpholine rings is 1. The quantitative estimate of drug-likeness (QED) is 0.699. The molecule has 0 aliphatic carbocycles. The van der Waals surface area contributed by atoms with E-state index in [1.54, 1.807) is 12.1 Å². The third-order valence-corrected chi connectivity index (χ3v) is 6.77. The van der Waals surface area contributed by atoms with Crippen LogP contribution < -0.4 is 4.72 Å². The van der Waals surface area contributed by atoms with Crippen molar-refractivity contribution in [3.63, 3.8) is 0 Å². The summed E-state index contributed by atoms with van der Waals surface area (Å²) in [4.78, 5) is 2.66. The van der Waals surface area contributed by atoms with E-state index in [1.807, 2.05) is 30.3 Å². The largest absolute Gasteiger partial charge is 0.371 e. The third kappa shape index (κ3) is 6.12. The second-order valence-corrected chi connectivity index (χ2v) is 10.4. The molecule has 0 aromatic heterocycles. The lowest BCUT2D eigenvalue weighted by molar-refractivity contribution is -0.0300. The first-order valence-electron chi connectivity index (χ1n) is 10.2. The van der Waals surface area contributed by atoms with Crippen LogP contribution in [0.25, 0.3) is 0 Å². The van der Waals surface area contributed by atoms with Gasteiger partial charge in [-0.25, -0.2) is 13.1 Å². The normalized spacial score (nSPS) is 18.7. The zero-order chi connectivity index (χ0) is 20.9. The first-order chi connectivity index (χ1) is 13.8. The van der Waals surface area contributed by atoms with Crippen LogP contribution in [-0.2, 0) is 20.2 Å². The maximum absolute atomic E-state index is 12.5. The summed E-state index contributed by atoms with van der Waals surface area (Å²) in [6.07, 6.45) is 0.851. The number of nitrogens with zero attached hydrogens (tertiary/aromatic N) is 1. The molecule has 1 saturated heterocycles. The van der Waals surface area contributed by atoms with Crippen LogP contribution >= 0.6 is 0 Å². The van der Waals surface area contributed by atoms with Gasteiger partial charge in [-0.15, -0.1) is 0 Å². The molecule has 0 amide bonds. The molecule has 2 aromatic rings. The third-order valence-electron chi connectivity index (χ3n) is 5.30. The predicted molar refractivity (Wildman–Crippen MR) is 117 cm³/mol. The van der Waals surface area contributed by atoms with Gasteiger partial charge in [-0.2, -0.15) is 0 Å². The van der Waals surface area contributed by atoms with Crippen molar-refractivity contribution in [1.82, 2.24) is 9.62 Å². The van der Waals surface area contributed by atoms with Crippen molar-refractivity contribution in [1.29, 1.82) is 0 Å². The minimum Gasteiger partial charge on any atom is -0.371 e. The van der Waals surface area contributed by atoms with Gasteiger partial charge in [0.15, 0.2) is 0 Å². The zero-order valence-corrected chi connectivity index (χ0v) is 18.4. The highest BCUT2D eigenvalue weighted by atomic mass is 32.2. The van der Waals surface area contributed by atoms with Gasteiger partial charge < -0.3 is 4.74 Å². The minimum atomic E-state index is -3.47. The Balaban J connectivity index is 1.47. The maximum Gasteiger partial charge on any atom is 0.240 e. The van der Waals surface area contributed by atoms with E-state index in [-0.39, 0.29) is 11.5 Å². The molecule has 2 aromatic carbocycles. The Hall–Kier alpha value is -1.73. The fourth-order valence-electron chi connectivity index (χ4n) is 3.50. The van der Waals surface area contributed by atoms with Gasteiger partial charge in [-0.3, -0.25) is 4.90 Å². The zero-order valence-electron chi connectivity index (χ0n) is 17.6. The summed E-state index contributed by atoms with van der Waals surface area (Å²) in [7, 11) is -3.47. The van der Waals surface area contributed by atoms with Gasteiger partial charge in [0.25, 0.3) is 0 Å². The number of hydrogen-bond acceptors (Lipinski definition) is 4. The summed E-state index contributed by atoms with van der Waals surface area (Å²) < 4.78 is 33.7.